The second-order valence-electron chi connectivity index (χ2n) is 6.35. The first-order chi connectivity index (χ1) is 9.91. The molecule has 1 fully saturated rings. The smallest absolute Gasteiger partial charge is 0.244 e. The molecule has 0 radical (unpaired) electrons. The molecule has 6 heteroatoms. The van der Waals surface area contributed by atoms with Crippen molar-refractivity contribution >= 4 is 0 Å². The number of nitrogens with one attached hydrogen (secondary N) is 1. The summed E-state index contributed by atoms with van der Waals surface area (Å²) >= 11 is 0. The van der Waals surface area contributed by atoms with Gasteiger partial charge in [0.2, 0.25) is 11.8 Å². The van der Waals surface area contributed by atoms with Crippen LogP contribution in [0.15, 0.2) is 11.5 Å². The highest BCUT2D eigenvalue weighted by molar-refractivity contribution is 5.55. The minimum Gasteiger partial charge on any atom is -0.420 e. The van der Waals surface area contributed by atoms with Crippen molar-refractivity contribution < 1.29 is 4.74 Å². The second-order valence-corrected chi connectivity index (χ2v) is 6.35. The van der Waals surface area contributed by atoms with Gasteiger partial charge < -0.3 is 15.4 Å². The molecule has 0 aromatic carbocycles. The summed E-state index contributed by atoms with van der Waals surface area (Å²) in [6.07, 6.45) is 0.838. The van der Waals surface area contributed by atoms with Gasteiger partial charge in [-0.2, -0.15) is 5.26 Å². The molecular weight excluding hydrogens is 266 g/mol. The van der Waals surface area contributed by atoms with E-state index in [9.17, 15) is 5.26 Å². The van der Waals surface area contributed by atoms with E-state index in [1.54, 1.807) is 0 Å². The van der Waals surface area contributed by atoms with Crippen LogP contribution in [0.5, 0.6) is 5.88 Å². The van der Waals surface area contributed by atoms with Crippen molar-refractivity contribution in [3.8, 4) is 11.9 Å². The molecular formula is C15H21N5O. The van der Waals surface area contributed by atoms with Crippen LogP contribution in [0.25, 0.3) is 0 Å². The lowest BCUT2D eigenvalue weighted by Crippen LogP contribution is -2.54. The van der Waals surface area contributed by atoms with Crippen LogP contribution in [0.2, 0.25) is 0 Å². The molecule has 1 aromatic heterocycles. The maximum absolute atomic E-state index is 9.69. The van der Waals surface area contributed by atoms with Gasteiger partial charge in [-0.25, -0.2) is 0 Å². The van der Waals surface area contributed by atoms with E-state index < -0.39 is 5.41 Å². The maximum atomic E-state index is 9.69. The molecule has 1 saturated heterocycles. The van der Waals surface area contributed by atoms with Gasteiger partial charge in [-0.15, -0.1) is 5.10 Å². The van der Waals surface area contributed by atoms with Gasteiger partial charge in [-0.1, -0.05) is 6.92 Å². The van der Waals surface area contributed by atoms with Crippen LogP contribution in [0, 0.1) is 24.2 Å². The number of piperidine rings is 1. The lowest BCUT2D eigenvalue weighted by molar-refractivity contribution is 0.0888. The number of ether oxygens (including phenoxy) is 1. The molecule has 2 aliphatic rings. The van der Waals surface area contributed by atoms with Crippen molar-refractivity contribution in [2.75, 3.05) is 13.6 Å². The summed E-state index contributed by atoms with van der Waals surface area (Å²) in [5.41, 5.74) is 8.12. The Balaban J connectivity index is 2.26. The van der Waals surface area contributed by atoms with E-state index in [1.807, 2.05) is 6.92 Å². The summed E-state index contributed by atoms with van der Waals surface area (Å²) in [5, 5.41) is 16.9. The SMILES string of the molecule is Cc1[nH]nc2c1[C@]1(C[C@H](C)N(C)C[C@H]1C)C(C#N)=C(N)O2. The molecule has 0 aliphatic carbocycles. The lowest BCUT2D eigenvalue weighted by Gasteiger charge is -2.50. The van der Waals surface area contributed by atoms with E-state index >= 15 is 0 Å². The third-order valence-corrected chi connectivity index (χ3v) is 5.14. The number of aromatic nitrogens is 2. The Labute approximate surface area is 124 Å². The number of aryl methyl sites for hydroxylation is 1. The number of fused-ring (bicyclic) bond motifs is 2. The predicted molar refractivity (Wildman–Crippen MR) is 78.3 cm³/mol. The quantitative estimate of drug-likeness (QED) is 0.752. The standard InChI is InChI=1S/C15H21N5O/c1-8-7-20(4)9(2)5-15(8)11(6-16)13(17)21-14-12(15)10(3)18-19-14/h8-9H,5,7,17H2,1-4H3,(H,18,19)/t8-,9+,15+/m1/s1. The Morgan fingerprint density at radius 3 is 2.90 bits per heavy atom. The molecule has 21 heavy (non-hydrogen) atoms. The fourth-order valence-electron chi connectivity index (χ4n) is 3.95. The third-order valence-electron chi connectivity index (χ3n) is 5.14. The van der Waals surface area contributed by atoms with Crippen LogP contribution in [0.3, 0.4) is 0 Å². The molecule has 1 spiro atoms. The fourth-order valence-corrected chi connectivity index (χ4v) is 3.95. The summed E-state index contributed by atoms with van der Waals surface area (Å²) in [6.45, 7) is 7.24. The van der Waals surface area contributed by atoms with E-state index in [4.69, 9.17) is 10.5 Å². The molecule has 3 N–H and O–H groups in total. The average Bonchev–Trinajstić information content (AvgIpc) is 2.78. The molecule has 3 heterocycles. The van der Waals surface area contributed by atoms with E-state index in [0.717, 1.165) is 24.2 Å². The molecule has 0 bridgehead atoms. The monoisotopic (exact) mass is 287 g/mol. The fraction of sp³-hybridized carbons (Fsp3) is 0.600. The number of aromatic amines is 1. The number of nitrogens with zero attached hydrogens (tertiary/aromatic N) is 3. The Bertz CT molecular complexity index is 656. The Morgan fingerprint density at radius 2 is 2.24 bits per heavy atom. The molecule has 1 aromatic rings. The highest BCUT2D eigenvalue weighted by Crippen LogP contribution is 2.53. The molecule has 0 amide bonds. The molecule has 2 aliphatic heterocycles. The summed E-state index contributed by atoms with van der Waals surface area (Å²) in [6, 6.07) is 2.67. The average molecular weight is 287 g/mol. The first kappa shape index (κ1) is 14.0. The first-order valence-corrected chi connectivity index (χ1v) is 7.25. The van der Waals surface area contributed by atoms with E-state index in [0.29, 0.717) is 17.5 Å². The highest BCUT2D eigenvalue weighted by atomic mass is 16.5. The van der Waals surface area contributed by atoms with Crippen molar-refractivity contribution in [2.24, 2.45) is 11.7 Å². The van der Waals surface area contributed by atoms with Gasteiger partial charge in [0.1, 0.15) is 11.6 Å². The van der Waals surface area contributed by atoms with E-state index in [-0.39, 0.29) is 11.8 Å². The van der Waals surface area contributed by atoms with Crippen LogP contribution in [-0.2, 0) is 5.41 Å². The molecule has 0 saturated carbocycles. The zero-order valence-electron chi connectivity index (χ0n) is 12.9. The third kappa shape index (κ3) is 1.70. The number of hydrogen-bond acceptors (Lipinski definition) is 5. The molecule has 0 unspecified atom stereocenters. The summed E-state index contributed by atoms with van der Waals surface area (Å²) in [4.78, 5) is 2.33. The van der Waals surface area contributed by atoms with Crippen molar-refractivity contribution in [1.82, 2.24) is 15.1 Å². The molecule has 6 nitrogen and oxygen atoms in total. The number of allylic oxidation sites excluding steroid dienone is 1. The van der Waals surface area contributed by atoms with Crippen molar-refractivity contribution in [3.63, 3.8) is 0 Å². The van der Waals surface area contributed by atoms with Crippen molar-refractivity contribution in [2.45, 2.75) is 38.6 Å². The summed E-state index contributed by atoms with van der Waals surface area (Å²) in [7, 11) is 2.12. The van der Waals surface area contributed by atoms with Gasteiger partial charge in [-0.05, 0) is 33.2 Å². The van der Waals surface area contributed by atoms with Crippen molar-refractivity contribution in [3.05, 3.63) is 22.7 Å². The first-order valence-electron chi connectivity index (χ1n) is 7.25. The number of nitriles is 1. The highest BCUT2D eigenvalue weighted by Gasteiger charge is 2.53. The van der Waals surface area contributed by atoms with Crippen LogP contribution < -0.4 is 10.5 Å². The van der Waals surface area contributed by atoms with Gasteiger partial charge in [0.15, 0.2) is 0 Å². The molecule has 112 valence electrons. The van der Waals surface area contributed by atoms with Crippen LogP contribution in [0.1, 0.15) is 31.5 Å². The number of rotatable bonds is 0. The van der Waals surface area contributed by atoms with Gasteiger partial charge in [-0.3, -0.25) is 5.10 Å². The largest absolute Gasteiger partial charge is 0.420 e. The summed E-state index contributed by atoms with van der Waals surface area (Å²) in [5.74, 6) is 0.971. The van der Waals surface area contributed by atoms with Gasteiger partial charge in [0, 0.05) is 29.3 Å². The Kier molecular flexibility index (Phi) is 2.99. The lowest BCUT2D eigenvalue weighted by atomic mass is 9.60. The summed E-state index contributed by atoms with van der Waals surface area (Å²) < 4.78 is 5.57. The van der Waals surface area contributed by atoms with Crippen molar-refractivity contribution in [1.29, 1.82) is 5.26 Å². The van der Waals surface area contributed by atoms with Gasteiger partial charge in [0.05, 0.1) is 0 Å². The van der Waals surface area contributed by atoms with Gasteiger partial charge >= 0.3 is 0 Å². The predicted octanol–water partition coefficient (Wildman–Crippen LogP) is 1.40. The topological polar surface area (TPSA) is 91.0 Å². The van der Waals surface area contributed by atoms with Crippen LogP contribution in [-0.4, -0.2) is 34.7 Å². The zero-order chi connectivity index (χ0) is 15.4. The number of likely N-dealkylation sites (tertiary alicyclic amines) is 1. The molecule has 3 rings (SSSR count). The maximum Gasteiger partial charge on any atom is 0.244 e. The van der Waals surface area contributed by atoms with Crippen LogP contribution >= 0.6 is 0 Å². The minimum atomic E-state index is -0.407. The normalized spacial score (nSPS) is 32.7. The minimum absolute atomic E-state index is 0.195. The molecule has 3 atom stereocenters. The van der Waals surface area contributed by atoms with Crippen LogP contribution in [0.4, 0.5) is 0 Å². The number of H-pyrrole nitrogens is 1. The Morgan fingerprint density at radius 1 is 1.52 bits per heavy atom. The van der Waals surface area contributed by atoms with Gasteiger partial charge in [0.25, 0.3) is 0 Å². The second kappa shape index (κ2) is 4.50. The zero-order valence-corrected chi connectivity index (χ0v) is 12.9. The Hall–Kier alpha value is -2.00. The van der Waals surface area contributed by atoms with E-state index in [1.165, 1.54) is 0 Å². The number of hydrogen-bond donors (Lipinski definition) is 2. The van der Waals surface area contributed by atoms with E-state index in [2.05, 4.69) is 42.1 Å². The number of nitrogens with two attached hydrogens (primary N) is 1.